The minimum absolute atomic E-state index is 0.171. The molecule has 0 heterocycles. The molecule has 2 N–H and O–H groups in total. The Morgan fingerprint density at radius 1 is 1.40 bits per heavy atom. The number of ether oxygens (including phenoxy) is 1. The lowest BCUT2D eigenvalue weighted by Crippen LogP contribution is -2.52. The number of rotatable bonds is 9. The van der Waals surface area contributed by atoms with Crippen molar-refractivity contribution in [3.63, 3.8) is 0 Å². The van der Waals surface area contributed by atoms with E-state index >= 15 is 0 Å². The first-order valence-corrected chi connectivity index (χ1v) is 7.94. The molecule has 0 fully saturated rings. The maximum absolute atomic E-state index is 12.3. The highest BCUT2D eigenvalue weighted by molar-refractivity contribution is 7.99. The zero-order chi connectivity index (χ0) is 14.8. The van der Waals surface area contributed by atoms with Crippen molar-refractivity contribution in [2.75, 3.05) is 31.8 Å². The van der Waals surface area contributed by atoms with Crippen molar-refractivity contribution in [1.29, 1.82) is 0 Å². The molecule has 1 atom stereocenters. The first-order chi connectivity index (χ1) is 9.71. The van der Waals surface area contributed by atoms with E-state index in [1.54, 1.807) is 11.8 Å². The van der Waals surface area contributed by atoms with Crippen LogP contribution in [0.5, 0.6) is 0 Å². The summed E-state index contributed by atoms with van der Waals surface area (Å²) in [6.45, 7) is 2.81. The molecule has 0 saturated carbocycles. The van der Waals surface area contributed by atoms with Gasteiger partial charge in [-0.05, 0) is 24.3 Å². The SMILES string of the molecule is CCNC(CSCCCO)(C(=O)OC)c1ccccc1. The minimum Gasteiger partial charge on any atom is -0.467 e. The molecule has 20 heavy (non-hydrogen) atoms. The van der Waals surface area contributed by atoms with Crippen molar-refractivity contribution in [3.05, 3.63) is 35.9 Å². The van der Waals surface area contributed by atoms with Crippen LogP contribution in [0, 0.1) is 0 Å². The van der Waals surface area contributed by atoms with Crippen molar-refractivity contribution < 1.29 is 14.6 Å². The topological polar surface area (TPSA) is 58.6 Å². The zero-order valence-electron chi connectivity index (χ0n) is 12.1. The Hall–Kier alpha value is -1.04. The van der Waals surface area contributed by atoms with Gasteiger partial charge in [0, 0.05) is 12.4 Å². The molecule has 0 saturated heterocycles. The lowest BCUT2D eigenvalue weighted by molar-refractivity contribution is -0.148. The van der Waals surface area contributed by atoms with Crippen LogP contribution in [-0.4, -0.2) is 42.8 Å². The van der Waals surface area contributed by atoms with Gasteiger partial charge in [-0.25, -0.2) is 4.79 Å². The number of esters is 1. The van der Waals surface area contributed by atoms with E-state index in [0.29, 0.717) is 12.3 Å². The summed E-state index contributed by atoms with van der Waals surface area (Å²) >= 11 is 1.64. The fourth-order valence-corrected chi connectivity index (χ4v) is 3.25. The van der Waals surface area contributed by atoms with Crippen LogP contribution >= 0.6 is 11.8 Å². The number of aliphatic hydroxyl groups is 1. The summed E-state index contributed by atoms with van der Waals surface area (Å²) in [5.74, 6) is 1.12. The molecule has 0 aliphatic heterocycles. The van der Waals surface area contributed by atoms with Gasteiger partial charge in [-0.1, -0.05) is 37.3 Å². The molecule has 1 aromatic carbocycles. The molecule has 0 radical (unpaired) electrons. The second kappa shape index (κ2) is 9.00. The van der Waals surface area contributed by atoms with Crippen molar-refractivity contribution >= 4 is 17.7 Å². The number of likely N-dealkylation sites (N-methyl/N-ethyl adjacent to an activating group) is 1. The summed E-state index contributed by atoms with van der Waals surface area (Å²) in [5.41, 5.74) is 0.0791. The predicted octanol–water partition coefficient (Wildman–Crippen LogP) is 1.78. The van der Waals surface area contributed by atoms with Crippen LogP contribution in [-0.2, 0) is 15.1 Å². The van der Waals surface area contributed by atoms with Crippen LogP contribution in [0.3, 0.4) is 0 Å². The van der Waals surface area contributed by atoms with Gasteiger partial charge in [-0.2, -0.15) is 11.8 Å². The van der Waals surface area contributed by atoms with Crippen molar-refractivity contribution in [2.45, 2.75) is 18.9 Å². The van der Waals surface area contributed by atoms with Gasteiger partial charge in [0.15, 0.2) is 5.54 Å². The quantitative estimate of drug-likeness (QED) is 0.537. The summed E-state index contributed by atoms with van der Waals surface area (Å²) in [6, 6.07) is 9.64. The van der Waals surface area contributed by atoms with Gasteiger partial charge >= 0.3 is 5.97 Å². The lowest BCUT2D eigenvalue weighted by Gasteiger charge is -2.32. The summed E-state index contributed by atoms with van der Waals surface area (Å²) in [7, 11) is 1.41. The number of benzene rings is 1. The molecular weight excluding hydrogens is 274 g/mol. The molecule has 4 nitrogen and oxygen atoms in total. The van der Waals surface area contributed by atoms with E-state index in [1.165, 1.54) is 7.11 Å². The number of hydrogen-bond donors (Lipinski definition) is 2. The third-order valence-corrected chi connectivity index (χ3v) is 4.26. The van der Waals surface area contributed by atoms with E-state index < -0.39 is 5.54 Å². The number of nitrogens with one attached hydrogen (secondary N) is 1. The van der Waals surface area contributed by atoms with Gasteiger partial charge in [0.25, 0.3) is 0 Å². The highest BCUT2D eigenvalue weighted by atomic mass is 32.2. The summed E-state index contributed by atoms with van der Waals surface area (Å²) in [5, 5.41) is 12.1. The zero-order valence-corrected chi connectivity index (χ0v) is 12.9. The van der Waals surface area contributed by atoms with Gasteiger partial charge in [-0.3, -0.25) is 5.32 Å². The van der Waals surface area contributed by atoms with E-state index in [2.05, 4.69) is 5.32 Å². The first kappa shape index (κ1) is 17.0. The van der Waals surface area contributed by atoms with E-state index in [4.69, 9.17) is 9.84 Å². The third-order valence-electron chi connectivity index (χ3n) is 3.04. The standard InChI is InChI=1S/C15H23NO3S/c1-3-16-15(14(18)19-2,12-20-11-7-10-17)13-8-5-4-6-9-13/h4-6,8-9,16-17H,3,7,10-12H2,1-2H3. The highest BCUT2D eigenvalue weighted by Crippen LogP contribution is 2.27. The Labute approximate surface area is 124 Å². The van der Waals surface area contributed by atoms with E-state index in [-0.39, 0.29) is 12.6 Å². The van der Waals surface area contributed by atoms with Gasteiger partial charge < -0.3 is 9.84 Å². The number of hydrogen-bond acceptors (Lipinski definition) is 5. The largest absolute Gasteiger partial charge is 0.467 e. The van der Waals surface area contributed by atoms with Crippen LogP contribution in [0.1, 0.15) is 18.9 Å². The van der Waals surface area contributed by atoms with Crippen LogP contribution in [0.4, 0.5) is 0 Å². The molecule has 0 bridgehead atoms. The fraction of sp³-hybridized carbons (Fsp3) is 0.533. The average Bonchev–Trinajstić information content (AvgIpc) is 2.50. The lowest BCUT2D eigenvalue weighted by atomic mass is 9.91. The number of carbonyl (C=O) groups excluding carboxylic acids is 1. The number of thioether (sulfide) groups is 1. The second-order valence-corrected chi connectivity index (χ2v) is 5.53. The molecule has 5 heteroatoms. The molecule has 0 spiro atoms. The van der Waals surface area contributed by atoms with Crippen LogP contribution < -0.4 is 5.32 Å². The molecule has 1 aromatic rings. The van der Waals surface area contributed by atoms with Crippen molar-refractivity contribution in [1.82, 2.24) is 5.32 Å². The van der Waals surface area contributed by atoms with Crippen LogP contribution in [0.2, 0.25) is 0 Å². The molecule has 0 aliphatic carbocycles. The minimum atomic E-state index is -0.828. The second-order valence-electron chi connectivity index (χ2n) is 4.42. The normalized spacial score (nSPS) is 13.8. The van der Waals surface area contributed by atoms with Crippen molar-refractivity contribution in [2.24, 2.45) is 0 Å². The molecule has 0 aromatic heterocycles. The Morgan fingerprint density at radius 3 is 2.65 bits per heavy atom. The monoisotopic (exact) mass is 297 g/mol. The van der Waals surface area contributed by atoms with Gasteiger partial charge in [0.05, 0.1) is 7.11 Å². The third kappa shape index (κ3) is 4.23. The maximum Gasteiger partial charge on any atom is 0.331 e. The Bertz CT molecular complexity index is 399. The van der Waals surface area contributed by atoms with E-state index in [1.807, 2.05) is 37.3 Å². The summed E-state index contributed by atoms with van der Waals surface area (Å²) < 4.78 is 5.02. The van der Waals surface area contributed by atoms with E-state index in [0.717, 1.165) is 17.7 Å². The summed E-state index contributed by atoms with van der Waals surface area (Å²) in [6.07, 6.45) is 0.725. The van der Waals surface area contributed by atoms with Gasteiger partial charge in [0.2, 0.25) is 0 Å². The van der Waals surface area contributed by atoms with E-state index in [9.17, 15) is 4.79 Å². The molecule has 0 amide bonds. The number of methoxy groups -OCH3 is 1. The summed E-state index contributed by atoms with van der Waals surface area (Å²) in [4.78, 5) is 12.3. The first-order valence-electron chi connectivity index (χ1n) is 6.78. The highest BCUT2D eigenvalue weighted by Gasteiger charge is 2.40. The predicted molar refractivity (Wildman–Crippen MR) is 82.8 cm³/mol. The molecular formula is C15H23NO3S. The Kier molecular flexibility index (Phi) is 7.65. The van der Waals surface area contributed by atoms with Gasteiger partial charge in [0.1, 0.15) is 0 Å². The Balaban J connectivity index is 2.98. The fourth-order valence-electron chi connectivity index (χ4n) is 2.08. The average molecular weight is 297 g/mol. The number of aliphatic hydroxyl groups excluding tert-OH is 1. The van der Waals surface area contributed by atoms with Crippen LogP contribution in [0.25, 0.3) is 0 Å². The Morgan fingerprint density at radius 2 is 2.10 bits per heavy atom. The van der Waals surface area contributed by atoms with Gasteiger partial charge in [-0.15, -0.1) is 0 Å². The smallest absolute Gasteiger partial charge is 0.331 e. The molecule has 1 unspecified atom stereocenters. The van der Waals surface area contributed by atoms with Crippen molar-refractivity contribution in [3.8, 4) is 0 Å². The van der Waals surface area contributed by atoms with Crippen LogP contribution in [0.15, 0.2) is 30.3 Å². The maximum atomic E-state index is 12.3. The molecule has 0 aliphatic rings. The number of carbonyl (C=O) groups is 1. The molecule has 112 valence electrons. The molecule has 1 rings (SSSR count).